The molecule has 1 aliphatic rings. The lowest BCUT2D eigenvalue weighted by Gasteiger charge is -2.28. The fourth-order valence-electron chi connectivity index (χ4n) is 1.69. The summed E-state index contributed by atoms with van der Waals surface area (Å²) in [4.78, 5) is 12.1. The highest BCUT2D eigenvalue weighted by Gasteiger charge is 2.41. The number of likely N-dealkylation sites (N-methyl/N-ethyl adjacent to an activating group) is 1. The van der Waals surface area contributed by atoms with Gasteiger partial charge in [0.1, 0.15) is 6.04 Å². The van der Waals surface area contributed by atoms with Gasteiger partial charge in [-0.3, -0.25) is 10.2 Å². The van der Waals surface area contributed by atoms with Crippen LogP contribution in [0.1, 0.15) is 20.8 Å². The van der Waals surface area contributed by atoms with Gasteiger partial charge in [0, 0.05) is 26.1 Å². The quantitative estimate of drug-likeness (QED) is 0.702. The third-order valence-corrected chi connectivity index (χ3v) is 2.62. The van der Waals surface area contributed by atoms with E-state index in [9.17, 15) is 4.79 Å². The molecule has 1 N–H and O–H groups in total. The minimum absolute atomic E-state index is 0.0354. The topological polar surface area (TPSA) is 41.6 Å². The van der Waals surface area contributed by atoms with Crippen molar-refractivity contribution in [2.24, 2.45) is 5.41 Å². The molecule has 0 aromatic heterocycles. The Kier molecular flexibility index (Phi) is 3.29. The van der Waals surface area contributed by atoms with Gasteiger partial charge in [0.15, 0.2) is 5.78 Å². The second-order valence-electron chi connectivity index (χ2n) is 4.81. The molecule has 0 radical (unpaired) electrons. The number of nitrogens with one attached hydrogen (secondary N) is 1. The van der Waals surface area contributed by atoms with Crippen molar-refractivity contribution in [1.82, 2.24) is 10.4 Å². The summed E-state index contributed by atoms with van der Waals surface area (Å²) in [5.41, 5.74) is 2.79. The lowest BCUT2D eigenvalue weighted by Crippen LogP contribution is -2.47. The van der Waals surface area contributed by atoms with Crippen LogP contribution in [0.15, 0.2) is 0 Å². The number of ether oxygens (including phenoxy) is 1. The molecule has 1 aliphatic heterocycles. The first-order valence-corrected chi connectivity index (χ1v) is 4.91. The van der Waals surface area contributed by atoms with Gasteiger partial charge in [-0.15, -0.1) is 0 Å². The Labute approximate surface area is 85.6 Å². The molecule has 82 valence electrons. The Balaban J connectivity index is 2.79. The smallest absolute Gasteiger partial charge is 0.159 e. The van der Waals surface area contributed by atoms with Gasteiger partial charge in [-0.1, -0.05) is 20.8 Å². The number of carbonyl (C=O) groups is 1. The number of hydrazine groups is 1. The van der Waals surface area contributed by atoms with Crippen LogP contribution in [-0.4, -0.2) is 43.6 Å². The number of Topliss-reactive ketones (excluding diaryl/α,β-unsaturated/α-hetero) is 1. The van der Waals surface area contributed by atoms with Gasteiger partial charge in [0.2, 0.25) is 0 Å². The molecule has 1 rings (SSSR count). The minimum atomic E-state index is -0.318. The molecule has 0 amide bonds. The molecule has 2 unspecified atom stereocenters. The van der Waals surface area contributed by atoms with Crippen molar-refractivity contribution in [2.45, 2.75) is 32.9 Å². The van der Waals surface area contributed by atoms with Crippen molar-refractivity contribution < 1.29 is 9.53 Å². The normalized spacial score (nSPS) is 29.5. The second-order valence-corrected chi connectivity index (χ2v) is 4.81. The van der Waals surface area contributed by atoms with E-state index in [1.807, 2.05) is 32.8 Å². The van der Waals surface area contributed by atoms with Crippen molar-refractivity contribution in [3.63, 3.8) is 0 Å². The Bertz CT molecular complexity index is 223. The molecular formula is C10H20N2O2. The zero-order valence-electron chi connectivity index (χ0n) is 9.63. The summed E-state index contributed by atoms with van der Waals surface area (Å²) >= 11 is 0. The van der Waals surface area contributed by atoms with E-state index in [2.05, 4.69) is 5.43 Å². The monoisotopic (exact) mass is 200 g/mol. The van der Waals surface area contributed by atoms with Crippen LogP contribution in [0.5, 0.6) is 0 Å². The van der Waals surface area contributed by atoms with Crippen LogP contribution in [0.25, 0.3) is 0 Å². The zero-order chi connectivity index (χ0) is 10.9. The van der Waals surface area contributed by atoms with Gasteiger partial charge in [-0.2, -0.15) is 0 Å². The molecule has 2 atom stereocenters. The first-order chi connectivity index (χ1) is 6.38. The third-order valence-electron chi connectivity index (χ3n) is 2.62. The fraction of sp³-hybridized carbons (Fsp3) is 0.900. The Morgan fingerprint density at radius 2 is 2.07 bits per heavy atom. The number of nitrogens with zero attached hydrogens (tertiary/aromatic N) is 1. The summed E-state index contributed by atoms with van der Waals surface area (Å²) in [6.45, 7) is 6.52. The van der Waals surface area contributed by atoms with Crippen molar-refractivity contribution in [3.8, 4) is 0 Å². The van der Waals surface area contributed by atoms with Crippen LogP contribution in [0.2, 0.25) is 0 Å². The molecule has 0 aromatic rings. The molecule has 0 saturated carbocycles. The van der Waals surface area contributed by atoms with Crippen LogP contribution in [-0.2, 0) is 9.53 Å². The van der Waals surface area contributed by atoms with Crippen molar-refractivity contribution in [2.75, 3.05) is 20.7 Å². The van der Waals surface area contributed by atoms with Crippen LogP contribution >= 0.6 is 0 Å². The van der Waals surface area contributed by atoms with E-state index in [0.29, 0.717) is 6.54 Å². The summed E-state index contributed by atoms with van der Waals surface area (Å²) in [6.07, 6.45) is -0.0354. The summed E-state index contributed by atoms with van der Waals surface area (Å²) in [5, 5.41) is 1.85. The molecule has 0 aromatic carbocycles. The van der Waals surface area contributed by atoms with Crippen molar-refractivity contribution in [3.05, 3.63) is 0 Å². The maximum absolute atomic E-state index is 12.1. The van der Waals surface area contributed by atoms with Crippen LogP contribution in [0.4, 0.5) is 0 Å². The Morgan fingerprint density at radius 3 is 2.50 bits per heavy atom. The number of hydrogen-bond donors (Lipinski definition) is 1. The predicted molar refractivity (Wildman–Crippen MR) is 54.8 cm³/mol. The molecule has 4 nitrogen and oxygen atoms in total. The molecule has 0 bridgehead atoms. The summed E-state index contributed by atoms with van der Waals surface area (Å²) in [7, 11) is 3.53. The molecule has 4 heteroatoms. The largest absolute Gasteiger partial charge is 0.378 e. The predicted octanol–water partition coefficient (Wildman–Crippen LogP) is 0.435. The van der Waals surface area contributed by atoms with Crippen molar-refractivity contribution >= 4 is 5.78 Å². The van der Waals surface area contributed by atoms with Crippen LogP contribution < -0.4 is 5.43 Å². The number of rotatable bonds is 2. The standard InChI is InChI=1S/C10H20N2O2/c1-10(2,3)9(13)8-7(14-5)6-11-12(8)4/h7-8,11H,6H2,1-5H3. The summed E-state index contributed by atoms with van der Waals surface area (Å²) in [6, 6.07) is -0.167. The highest BCUT2D eigenvalue weighted by molar-refractivity contribution is 5.89. The number of carbonyl (C=O) groups excluding carboxylic acids is 1. The average molecular weight is 200 g/mol. The second kappa shape index (κ2) is 3.96. The SMILES string of the molecule is COC1CNN(C)C1C(=O)C(C)(C)C. The maximum atomic E-state index is 12.1. The number of hydrogen-bond acceptors (Lipinski definition) is 4. The molecule has 0 spiro atoms. The Hall–Kier alpha value is -0.450. The van der Waals surface area contributed by atoms with Crippen LogP contribution in [0.3, 0.4) is 0 Å². The first-order valence-electron chi connectivity index (χ1n) is 4.91. The van der Waals surface area contributed by atoms with Gasteiger partial charge in [-0.25, -0.2) is 5.01 Å². The lowest BCUT2D eigenvalue weighted by atomic mass is 9.85. The molecule has 1 heterocycles. The van der Waals surface area contributed by atoms with Gasteiger partial charge < -0.3 is 4.74 Å². The maximum Gasteiger partial charge on any atom is 0.159 e. The van der Waals surface area contributed by atoms with Gasteiger partial charge >= 0.3 is 0 Å². The van der Waals surface area contributed by atoms with E-state index >= 15 is 0 Å². The van der Waals surface area contributed by atoms with E-state index in [1.54, 1.807) is 7.11 Å². The van der Waals surface area contributed by atoms with Gasteiger partial charge in [0.25, 0.3) is 0 Å². The van der Waals surface area contributed by atoms with Crippen LogP contribution in [0, 0.1) is 5.41 Å². The Morgan fingerprint density at radius 1 is 1.50 bits per heavy atom. The summed E-state index contributed by atoms with van der Waals surface area (Å²) < 4.78 is 5.29. The molecule has 14 heavy (non-hydrogen) atoms. The average Bonchev–Trinajstić information content (AvgIpc) is 2.43. The van der Waals surface area contributed by atoms with E-state index < -0.39 is 0 Å². The molecular weight excluding hydrogens is 180 g/mol. The van der Waals surface area contributed by atoms with Crippen molar-refractivity contribution in [1.29, 1.82) is 0 Å². The van der Waals surface area contributed by atoms with E-state index in [1.165, 1.54) is 0 Å². The molecule has 1 saturated heterocycles. The molecule has 1 fully saturated rings. The number of methoxy groups -OCH3 is 1. The molecule has 0 aliphatic carbocycles. The van der Waals surface area contributed by atoms with E-state index in [4.69, 9.17) is 4.74 Å². The highest BCUT2D eigenvalue weighted by Crippen LogP contribution is 2.23. The van der Waals surface area contributed by atoms with E-state index in [0.717, 1.165) is 0 Å². The highest BCUT2D eigenvalue weighted by atomic mass is 16.5. The minimum Gasteiger partial charge on any atom is -0.378 e. The summed E-state index contributed by atoms with van der Waals surface area (Å²) in [5.74, 6) is 0.219. The first kappa shape index (κ1) is 11.6. The van der Waals surface area contributed by atoms with E-state index in [-0.39, 0.29) is 23.3 Å². The van der Waals surface area contributed by atoms with Gasteiger partial charge in [-0.05, 0) is 0 Å². The lowest BCUT2D eigenvalue weighted by molar-refractivity contribution is -0.134. The van der Waals surface area contributed by atoms with Gasteiger partial charge in [0.05, 0.1) is 6.10 Å². The zero-order valence-corrected chi connectivity index (χ0v) is 9.63. The third kappa shape index (κ3) is 2.13. The number of ketones is 1. The fourth-order valence-corrected chi connectivity index (χ4v) is 1.69.